The Morgan fingerprint density at radius 2 is 1.93 bits per heavy atom. The third kappa shape index (κ3) is 4.33. The molecule has 1 atom stereocenters. The van der Waals surface area contributed by atoms with Crippen LogP contribution in [0.2, 0.25) is 0 Å². The summed E-state index contributed by atoms with van der Waals surface area (Å²) in [5.41, 5.74) is 1.58. The van der Waals surface area contributed by atoms with Crippen LogP contribution in [0.1, 0.15) is 42.7 Å². The van der Waals surface area contributed by atoms with Crippen LogP contribution in [0.15, 0.2) is 4.52 Å². The summed E-state index contributed by atoms with van der Waals surface area (Å²) in [5.74, 6) is 1.59. The summed E-state index contributed by atoms with van der Waals surface area (Å²) in [7, 11) is 1.89. The van der Waals surface area contributed by atoms with Gasteiger partial charge in [-0.15, -0.1) is 0 Å². The SMILES string of the molecule is Cc1noc(C)c1CN1CC2(CCN(CC3CC(=O)N(C)C3)CC2)OCCC1=O. The molecule has 3 aliphatic rings. The molecule has 0 saturated carbocycles. The molecule has 1 spiro atoms. The van der Waals surface area contributed by atoms with Gasteiger partial charge in [0.15, 0.2) is 0 Å². The minimum atomic E-state index is -0.274. The summed E-state index contributed by atoms with van der Waals surface area (Å²) in [6.45, 7) is 9.17. The van der Waals surface area contributed by atoms with Gasteiger partial charge in [0.25, 0.3) is 0 Å². The number of hydrogen-bond acceptors (Lipinski definition) is 6. The van der Waals surface area contributed by atoms with Crippen LogP contribution in [-0.2, 0) is 20.9 Å². The molecule has 0 N–H and O–H groups in total. The quantitative estimate of drug-likeness (QED) is 0.754. The Kier molecular flexibility index (Phi) is 5.66. The molecule has 4 rings (SSSR count). The Labute approximate surface area is 172 Å². The van der Waals surface area contributed by atoms with Gasteiger partial charge in [-0.3, -0.25) is 9.59 Å². The highest BCUT2D eigenvalue weighted by atomic mass is 16.5. The van der Waals surface area contributed by atoms with Gasteiger partial charge >= 0.3 is 0 Å². The molecule has 3 fully saturated rings. The number of ether oxygens (including phenoxy) is 1. The monoisotopic (exact) mass is 404 g/mol. The molecule has 1 unspecified atom stereocenters. The Morgan fingerprint density at radius 1 is 1.17 bits per heavy atom. The largest absolute Gasteiger partial charge is 0.373 e. The van der Waals surface area contributed by atoms with Gasteiger partial charge in [-0.1, -0.05) is 5.16 Å². The molecule has 3 aliphatic heterocycles. The summed E-state index contributed by atoms with van der Waals surface area (Å²) in [5, 5.41) is 4.03. The Bertz CT molecular complexity index is 749. The van der Waals surface area contributed by atoms with Crippen LogP contribution >= 0.6 is 0 Å². The molecule has 0 bridgehead atoms. The van der Waals surface area contributed by atoms with Crippen LogP contribution in [0.25, 0.3) is 0 Å². The average molecular weight is 405 g/mol. The van der Waals surface area contributed by atoms with E-state index >= 15 is 0 Å². The zero-order chi connectivity index (χ0) is 20.6. The molecule has 3 saturated heterocycles. The molecule has 4 heterocycles. The third-order valence-corrected chi connectivity index (χ3v) is 6.79. The van der Waals surface area contributed by atoms with Crippen molar-refractivity contribution in [3.05, 3.63) is 17.0 Å². The summed E-state index contributed by atoms with van der Waals surface area (Å²) >= 11 is 0. The predicted octanol–water partition coefficient (Wildman–Crippen LogP) is 1.35. The maximum Gasteiger partial charge on any atom is 0.225 e. The molecule has 2 amide bonds. The molecule has 8 nitrogen and oxygen atoms in total. The standard InChI is InChI=1S/C21H32N4O4/c1-15-18(16(2)29-22-15)13-25-14-21(28-9-4-19(25)26)5-7-24(8-6-21)12-17-10-20(27)23(3)11-17/h17H,4-14H2,1-3H3. The first-order valence-corrected chi connectivity index (χ1v) is 10.6. The van der Waals surface area contributed by atoms with Gasteiger partial charge < -0.3 is 24.0 Å². The molecule has 1 aromatic heterocycles. The van der Waals surface area contributed by atoms with E-state index in [9.17, 15) is 9.59 Å². The minimum Gasteiger partial charge on any atom is -0.373 e. The summed E-state index contributed by atoms with van der Waals surface area (Å²) < 4.78 is 11.6. The van der Waals surface area contributed by atoms with E-state index < -0.39 is 0 Å². The van der Waals surface area contributed by atoms with E-state index in [1.54, 1.807) is 0 Å². The van der Waals surface area contributed by atoms with Crippen molar-refractivity contribution in [1.29, 1.82) is 0 Å². The fraction of sp³-hybridized carbons (Fsp3) is 0.762. The second kappa shape index (κ2) is 8.07. The minimum absolute atomic E-state index is 0.136. The fourth-order valence-electron chi connectivity index (χ4n) is 4.95. The summed E-state index contributed by atoms with van der Waals surface area (Å²) in [6, 6.07) is 0. The number of amides is 2. The molecule has 8 heteroatoms. The lowest BCUT2D eigenvalue weighted by Crippen LogP contribution is -2.52. The number of nitrogens with zero attached hydrogens (tertiary/aromatic N) is 4. The molecule has 160 valence electrons. The van der Waals surface area contributed by atoms with Gasteiger partial charge in [-0.05, 0) is 32.6 Å². The number of carbonyl (C=O) groups excluding carboxylic acids is 2. The number of hydrogen-bond donors (Lipinski definition) is 0. The lowest BCUT2D eigenvalue weighted by Gasteiger charge is -2.43. The molecule has 0 aromatic carbocycles. The molecule has 1 aromatic rings. The average Bonchev–Trinajstić information content (AvgIpc) is 3.11. The van der Waals surface area contributed by atoms with Crippen molar-refractivity contribution in [2.24, 2.45) is 5.92 Å². The second-order valence-corrected chi connectivity index (χ2v) is 8.98. The zero-order valence-corrected chi connectivity index (χ0v) is 17.8. The highest BCUT2D eigenvalue weighted by molar-refractivity contribution is 5.78. The van der Waals surface area contributed by atoms with Crippen LogP contribution < -0.4 is 0 Å². The van der Waals surface area contributed by atoms with Gasteiger partial charge in [0.2, 0.25) is 11.8 Å². The highest BCUT2D eigenvalue weighted by Crippen LogP contribution is 2.32. The Morgan fingerprint density at radius 3 is 2.55 bits per heavy atom. The van der Waals surface area contributed by atoms with Crippen LogP contribution in [0.5, 0.6) is 0 Å². The van der Waals surface area contributed by atoms with E-state index in [-0.39, 0.29) is 17.4 Å². The smallest absolute Gasteiger partial charge is 0.225 e. The van der Waals surface area contributed by atoms with E-state index in [4.69, 9.17) is 9.26 Å². The van der Waals surface area contributed by atoms with Crippen molar-refractivity contribution in [3.8, 4) is 0 Å². The number of aryl methyl sites for hydroxylation is 2. The van der Waals surface area contributed by atoms with Gasteiger partial charge in [0, 0.05) is 45.2 Å². The van der Waals surface area contributed by atoms with Gasteiger partial charge in [-0.25, -0.2) is 0 Å². The molecular formula is C21H32N4O4. The van der Waals surface area contributed by atoms with Crippen LogP contribution in [-0.4, -0.2) is 83.7 Å². The number of carbonyl (C=O) groups is 2. The van der Waals surface area contributed by atoms with E-state index in [1.165, 1.54) is 0 Å². The van der Waals surface area contributed by atoms with Gasteiger partial charge in [0.05, 0.1) is 37.4 Å². The van der Waals surface area contributed by atoms with Gasteiger partial charge in [-0.2, -0.15) is 0 Å². The van der Waals surface area contributed by atoms with Crippen molar-refractivity contribution >= 4 is 11.8 Å². The van der Waals surface area contributed by atoms with Crippen LogP contribution in [0.4, 0.5) is 0 Å². The number of aromatic nitrogens is 1. The van der Waals surface area contributed by atoms with E-state index in [1.807, 2.05) is 30.7 Å². The second-order valence-electron chi connectivity index (χ2n) is 8.98. The Hall–Kier alpha value is -1.93. The molecule has 0 aliphatic carbocycles. The maximum absolute atomic E-state index is 12.7. The van der Waals surface area contributed by atoms with Crippen LogP contribution in [0.3, 0.4) is 0 Å². The molecule has 0 radical (unpaired) electrons. The number of likely N-dealkylation sites (tertiary alicyclic amines) is 2. The topological polar surface area (TPSA) is 79.1 Å². The predicted molar refractivity (Wildman–Crippen MR) is 106 cm³/mol. The lowest BCUT2D eigenvalue weighted by atomic mass is 9.89. The van der Waals surface area contributed by atoms with E-state index in [2.05, 4.69) is 10.1 Å². The van der Waals surface area contributed by atoms with Gasteiger partial charge in [0.1, 0.15) is 5.76 Å². The third-order valence-electron chi connectivity index (χ3n) is 6.79. The van der Waals surface area contributed by atoms with E-state index in [0.717, 1.165) is 56.0 Å². The highest BCUT2D eigenvalue weighted by Gasteiger charge is 2.41. The Balaban J connectivity index is 1.38. The summed E-state index contributed by atoms with van der Waals surface area (Å²) in [6.07, 6.45) is 2.91. The number of piperidine rings is 1. The first kappa shape index (κ1) is 20.3. The fourth-order valence-corrected chi connectivity index (χ4v) is 4.95. The van der Waals surface area contributed by atoms with Crippen molar-refractivity contribution < 1.29 is 18.8 Å². The molecule has 29 heavy (non-hydrogen) atoms. The first-order valence-electron chi connectivity index (χ1n) is 10.6. The molecular weight excluding hydrogens is 372 g/mol. The maximum atomic E-state index is 12.7. The van der Waals surface area contributed by atoms with Crippen molar-refractivity contribution in [3.63, 3.8) is 0 Å². The summed E-state index contributed by atoms with van der Waals surface area (Å²) in [4.78, 5) is 30.7. The normalized spacial score (nSPS) is 25.8. The van der Waals surface area contributed by atoms with E-state index in [0.29, 0.717) is 38.5 Å². The lowest BCUT2D eigenvalue weighted by molar-refractivity contribution is -0.132. The first-order chi connectivity index (χ1) is 13.8. The van der Waals surface area contributed by atoms with Crippen LogP contribution in [0, 0.1) is 19.8 Å². The van der Waals surface area contributed by atoms with Crippen molar-refractivity contribution in [2.75, 3.05) is 46.4 Å². The van der Waals surface area contributed by atoms with Crippen molar-refractivity contribution in [2.45, 2.75) is 51.7 Å². The number of rotatable bonds is 4. The zero-order valence-electron chi connectivity index (χ0n) is 17.8. The van der Waals surface area contributed by atoms with Crippen molar-refractivity contribution in [1.82, 2.24) is 19.9 Å².